The van der Waals surface area contributed by atoms with Crippen LogP contribution in [0.3, 0.4) is 0 Å². The lowest BCUT2D eigenvalue weighted by molar-refractivity contribution is -0.120. The van der Waals surface area contributed by atoms with Crippen molar-refractivity contribution in [2.75, 3.05) is 0 Å². The zero-order valence-electron chi connectivity index (χ0n) is 11.5. The molecule has 3 rings (SSSR count). The highest BCUT2D eigenvalue weighted by molar-refractivity contribution is 5.87. The zero-order chi connectivity index (χ0) is 14.5. The van der Waals surface area contributed by atoms with Crippen molar-refractivity contribution >= 4 is 16.8 Å². The average Bonchev–Trinajstić information content (AvgIpc) is 2.54. The number of carbonyl (C=O) groups is 1. The van der Waals surface area contributed by atoms with E-state index in [-0.39, 0.29) is 5.91 Å². The van der Waals surface area contributed by atoms with Crippen molar-refractivity contribution in [3.05, 3.63) is 72.2 Å². The van der Waals surface area contributed by atoms with Crippen molar-refractivity contribution in [3.8, 4) is 0 Å². The first-order valence-corrected chi connectivity index (χ1v) is 6.81. The number of rotatable bonds is 4. The summed E-state index contributed by atoms with van der Waals surface area (Å²) < 4.78 is 0. The van der Waals surface area contributed by atoms with Gasteiger partial charge in [-0.05, 0) is 29.3 Å². The molecule has 0 bridgehead atoms. The lowest BCUT2D eigenvalue weighted by Gasteiger charge is -2.07. The SMILES string of the molecule is O=C(Cc1cccc2cccnc12)NCc1ccncc1. The molecule has 3 aromatic rings. The number of aromatic nitrogens is 2. The first-order chi connectivity index (χ1) is 10.3. The molecule has 0 aliphatic carbocycles. The smallest absolute Gasteiger partial charge is 0.224 e. The van der Waals surface area contributed by atoms with E-state index in [2.05, 4.69) is 15.3 Å². The van der Waals surface area contributed by atoms with Crippen LogP contribution in [0.15, 0.2) is 61.1 Å². The third-order valence-corrected chi connectivity index (χ3v) is 3.31. The lowest BCUT2D eigenvalue weighted by atomic mass is 10.1. The maximum atomic E-state index is 12.1. The van der Waals surface area contributed by atoms with Gasteiger partial charge in [-0.3, -0.25) is 14.8 Å². The van der Waals surface area contributed by atoms with Gasteiger partial charge in [0, 0.05) is 30.5 Å². The average molecular weight is 277 g/mol. The number of hydrogen-bond acceptors (Lipinski definition) is 3. The van der Waals surface area contributed by atoms with Crippen LogP contribution in [0.2, 0.25) is 0 Å². The molecule has 4 heteroatoms. The van der Waals surface area contributed by atoms with Gasteiger partial charge in [0.1, 0.15) is 0 Å². The molecular formula is C17H15N3O. The van der Waals surface area contributed by atoms with E-state index in [9.17, 15) is 4.79 Å². The van der Waals surface area contributed by atoms with Crippen molar-refractivity contribution in [2.24, 2.45) is 0 Å². The van der Waals surface area contributed by atoms with Crippen LogP contribution in [0.25, 0.3) is 10.9 Å². The Labute approximate surface area is 122 Å². The Bertz CT molecular complexity index is 751. The Morgan fingerprint density at radius 1 is 1.00 bits per heavy atom. The highest BCUT2D eigenvalue weighted by Gasteiger charge is 2.07. The molecule has 1 aromatic carbocycles. The predicted octanol–water partition coefficient (Wildman–Crippen LogP) is 2.49. The minimum atomic E-state index is -0.00929. The Kier molecular flexibility index (Phi) is 3.87. The summed E-state index contributed by atoms with van der Waals surface area (Å²) in [4.78, 5) is 20.4. The fourth-order valence-electron chi connectivity index (χ4n) is 2.25. The van der Waals surface area contributed by atoms with Crippen LogP contribution in [-0.2, 0) is 17.8 Å². The van der Waals surface area contributed by atoms with E-state index in [4.69, 9.17) is 0 Å². The second-order valence-electron chi connectivity index (χ2n) is 4.80. The van der Waals surface area contributed by atoms with E-state index >= 15 is 0 Å². The van der Waals surface area contributed by atoms with Crippen LogP contribution in [0.5, 0.6) is 0 Å². The molecule has 1 N–H and O–H groups in total. The van der Waals surface area contributed by atoms with E-state index in [0.29, 0.717) is 13.0 Å². The fourth-order valence-corrected chi connectivity index (χ4v) is 2.25. The van der Waals surface area contributed by atoms with Crippen LogP contribution < -0.4 is 5.32 Å². The third kappa shape index (κ3) is 3.23. The van der Waals surface area contributed by atoms with Crippen LogP contribution in [-0.4, -0.2) is 15.9 Å². The zero-order valence-corrected chi connectivity index (χ0v) is 11.5. The monoisotopic (exact) mass is 277 g/mol. The molecule has 0 aliphatic rings. The van der Waals surface area contributed by atoms with Crippen LogP contribution in [0, 0.1) is 0 Å². The standard InChI is InChI=1S/C17H15N3O/c21-16(20-12-13-6-9-18-10-7-13)11-15-4-1-3-14-5-2-8-19-17(14)15/h1-10H,11-12H2,(H,20,21). The lowest BCUT2D eigenvalue weighted by Crippen LogP contribution is -2.24. The molecule has 1 amide bonds. The van der Waals surface area contributed by atoms with Gasteiger partial charge >= 0.3 is 0 Å². The molecule has 2 heterocycles. The van der Waals surface area contributed by atoms with Gasteiger partial charge in [0.25, 0.3) is 0 Å². The molecule has 104 valence electrons. The number of para-hydroxylation sites is 1. The maximum Gasteiger partial charge on any atom is 0.224 e. The number of hydrogen-bond donors (Lipinski definition) is 1. The van der Waals surface area contributed by atoms with E-state index in [0.717, 1.165) is 22.0 Å². The van der Waals surface area contributed by atoms with Gasteiger partial charge in [-0.1, -0.05) is 24.3 Å². The van der Waals surface area contributed by atoms with Crippen molar-refractivity contribution in [1.82, 2.24) is 15.3 Å². The summed E-state index contributed by atoms with van der Waals surface area (Å²) >= 11 is 0. The summed E-state index contributed by atoms with van der Waals surface area (Å²) in [6.45, 7) is 0.513. The molecule has 0 atom stereocenters. The molecular weight excluding hydrogens is 262 g/mol. The summed E-state index contributed by atoms with van der Waals surface area (Å²) in [7, 11) is 0. The quantitative estimate of drug-likeness (QED) is 0.797. The van der Waals surface area contributed by atoms with Crippen molar-refractivity contribution in [1.29, 1.82) is 0 Å². The van der Waals surface area contributed by atoms with E-state index < -0.39 is 0 Å². The van der Waals surface area contributed by atoms with Gasteiger partial charge in [0.05, 0.1) is 11.9 Å². The molecule has 0 aliphatic heterocycles. The number of fused-ring (bicyclic) bond motifs is 1. The van der Waals surface area contributed by atoms with Crippen LogP contribution >= 0.6 is 0 Å². The number of benzene rings is 1. The minimum Gasteiger partial charge on any atom is -0.352 e. The van der Waals surface area contributed by atoms with E-state index in [1.807, 2.05) is 42.5 Å². The van der Waals surface area contributed by atoms with Gasteiger partial charge in [0.2, 0.25) is 5.91 Å². The molecule has 2 aromatic heterocycles. The Balaban J connectivity index is 1.69. The number of nitrogens with zero attached hydrogens (tertiary/aromatic N) is 2. The second-order valence-corrected chi connectivity index (χ2v) is 4.80. The number of carbonyl (C=O) groups excluding carboxylic acids is 1. The van der Waals surface area contributed by atoms with Crippen molar-refractivity contribution in [2.45, 2.75) is 13.0 Å². The van der Waals surface area contributed by atoms with Gasteiger partial charge in [-0.25, -0.2) is 0 Å². The van der Waals surface area contributed by atoms with Crippen LogP contribution in [0.4, 0.5) is 0 Å². The Hall–Kier alpha value is -2.75. The number of pyridine rings is 2. The maximum absolute atomic E-state index is 12.1. The largest absolute Gasteiger partial charge is 0.352 e. The number of nitrogens with one attached hydrogen (secondary N) is 1. The molecule has 0 saturated carbocycles. The summed E-state index contributed by atoms with van der Waals surface area (Å²) in [5, 5.41) is 3.97. The van der Waals surface area contributed by atoms with E-state index in [1.54, 1.807) is 18.6 Å². The van der Waals surface area contributed by atoms with Crippen molar-refractivity contribution < 1.29 is 4.79 Å². The highest BCUT2D eigenvalue weighted by atomic mass is 16.1. The summed E-state index contributed by atoms with van der Waals surface area (Å²) in [5.41, 5.74) is 2.87. The predicted molar refractivity (Wildman–Crippen MR) is 81.5 cm³/mol. The summed E-state index contributed by atoms with van der Waals surface area (Å²) in [6.07, 6.45) is 5.52. The number of amides is 1. The molecule has 0 radical (unpaired) electrons. The molecule has 0 saturated heterocycles. The first-order valence-electron chi connectivity index (χ1n) is 6.81. The second kappa shape index (κ2) is 6.13. The van der Waals surface area contributed by atoms with E-state index in [1.165, 1.54) is 0 Å². The minimum absolute atomic E-state index is 0.00929. The first kappa shape index (κ1) is 13.2. The summed E-state index contributed by atoms with van der Waals surface area (Å²) in [5.74, 6) is -0.00929. The molecule has 4 nitrogen and oxygen atoms in total. The van der Waals surface area contributed by atoms with Crippen molar-refractivity contribution in [3.63, 3.8) is 0 Å². The van der Waals surface area contributed by atoms with Gasteiger partial charge in [-0.15, -0.1) is 0 Å². The molecule has 0 spiro atoms. The summed E-state index contributed by atoms with van der Waals surface area (Å²) in [6, 6.07) is 13.6. The van der Waals surface area contributed by atoms with Gasteiger partial charge in [0.15, 0.2) is 0 Å². The third-order valence-electron chi connectivity index (χ3n) is 3.31. The fraction of sp³-hybridized carbons (Fsp3) is 0.118. The topological polar surface area (TPSA) is 54.9 Å². The van der Waals surface area contributed by atoms with Crippen LogP contribution in [0.1, 0.15) is 11.1 Å². The molecule has 21 heavy (non-hydrogen) atoms. The Morgan fingerprint density at radius 3 is 2.67 bits per heavy atom. The molecule has 0 fully saturated rings. The van der Waals surface area contributed by atoms with Gasteiger partial charge in [-0.2, -0.15) is 0 Å². The Morgan fingerprint density at radius 2 is 1.81 bits per heavy atom. The normalized spacial score (nSPS) is 10.5. The molecule has 0 unspecified atom stereocenters. The highest BCUT2D eigenvalue weighted by Crippen LogP contribution is 2.16. The van der Waals surface area contributed by atoms with Gasteiger partial charge < -0.3 is 5.32 Å².